The van der Waals surface area contributed by atoms with Crippen molar-refractivity contribution < 1.29 is 14.3 Å². The lowest BCUT2D eigenvalue weighted by Gasteiger charge is -2.19. The number of ether oxygens (including phenoxy) is 1. The van der Waals surface area contributed by atoms with Gasteiger partial charge in [-0.3, -0.25) is 4.79 Å². The van der Waals surface area contributed by atoms with E-state index < -0.39 is 5.97 Å². The molecule has 5 heteroatoms. The van der Waals surface area contributed by atoms with Crippen molar-refractivity contribution >= 4 is 39.0 Å². The number of carbonyl (C=O) groups is 2. The molecule has 0 unspecified atom stereocenters. The molecule has 126 valence electrons. The van der Waals surface area contributed by atoms with E-state index in [4.69, 9.17) is 4.74 Å². The van der Waals surface area contributed by atoms with Crippen molar-refractivity contribution in [2.45, 2.75) is 32.6 Å². The maximum atomic E-state index is 12.2. The fourth-order valence-electron chi connectivity index (χ4n) is 2.97. The summed E-state index contributed by atoms with van der Waals surface area (Å²) in [5.41, 5.74) is 1.83. The second kappa shape index (κ2) is 7.62. The lowest BCUT2D eigenvalue weighted by molar-refractivity contribution is 0.0479. The number of halogens is 1. The summed E-state index contributed by atoms with van der Waals surface area (Å²) >= 11 is 4.84. The molecule has 1 heterocycles. The van der Waals surface area contributed by atoms with Crippen molar-refractivity contribution in [1.29, 1.82) is 0 Å². The summed E-state index contributed by atoms with van der Waals surface area (Å²) in [6, 6.07) is 8.98. The maximum Gasteiger partial charge on any atom is 0.348 e. The lowest BCUT2D eigenvalue weighted by Crippen LogP contribution is -2.13. The smallest absolute Gasteiger partial charge is 0.348 e. The van der Waals surface area contributed by atoms with Crippen LogP contribution in [-0.4, -0.2) is 18.4 Å². The van der Waals surface area contributed by atoms with Crippen LogP contribution in [0.15, 0.2) is 34.8 Å². The number of ketones is 1. The molecule has 0 bridgehead atoms. The molecule has 0 fully saturated rings. The van der Waals surface area contributed by atoms with E-state index in [0.717, 1.165) is 23.2 Å². The first-order valence-electron chi connectivity index (χ1n) is 8.14. The minimum Gasteiger partial charge on any atom is -0.453 e. The predicted octanol–water partition coefficient (Wildman–Crippen LogP) is 5.07. The van der Waals surface area contributed by atoms with Crippen LogP contribution in [0.4, 0.5) is 0 Å². The topological polar surface area (TPSA) is 43.4 Å². The number of rotatable bonds is 5. The molecule has 24 heavy (non-hydrogen) atoms. The summed E-state index contributed by atoms with van der Waals surface area (Å²) in [4.78, 5) is 26.2. The van der Waals surface area contributed by atoms with Gasteiger partial charge in [0.2, 0.25) is 0 Å². The van der Waals surface area contributed by atoms with Gasteiger partial charge < -0.3 is 4.74 Å². The molecule has 1 aliphatic rings. The van der Waals surface area contributed by atoms with Gasteiger partial charge in [-0.2, -0.15) is 0 Å². The molecule has 1 aromatic heterocycles. The number of Topliss-reactive ketones (excluding diaryl/α,β-unsaturated/α-hetero) is 1. The van der Waals surface area contributed by atoms with E-state index in [1.807, 2.05) is 6.07 Å². The Hall–Kier alpha value is -1.46. The molecule has 0 saturated carbocycles. The summed E-state index contributed by atoms with van der Waals surface area (Å²) in [5, 5.41) is 0. The number of hydrogen-bond acceptors (Lipinski definition) is 4. The number of carbonyl (C=O) groups excluding carboxylic acids is 2. The van der Waals surface area contributed by atoms with Gasteiger partial charge in [0.05, 0.1) is 0 Å². The summed E-state index contributed by atoms with van der Waals surface area (Å²) in [7, 11) is 0. The quantitative estimate of drug-likeness (QED) is 0.514. The first-order chi connectivity index (χ1) is 11.6. The molecule has 0 aliphatic heterocycles. The molecule has 3 nitrogen and oxygen atoms in total. The molecule has 2 aromatic rings. The third kappa shape index (κ3) is 3.95. The molecule has 0 N–H and O–H groups in total. The average molecular weight is 407 g/mol. The van der Waals surface area contributed by atoms with E-state index >= 15 is 0 Å². The van der Waals surface area contributed by atoms with Crippen LogP contribution in [0.25, 0.3) is 0 Å². The number of hydrogen-bond donors (Lipinski definition) is 0. The first kappa shape index (κ1) is 17.4. The normalized spacial score (nSPS) is 16.5. The van der Waals surface area contributed by atoms with Crippen LogP contribution < -0.4 is 0 Å². The van der Waals surface area contributed by atoms with E-state index in [-0.39, 0.29) is 12.4 Å². The molecule has 3 rings (SSSR count). The fourth-order valence-corrected chi connectivity index (χ4v) is 4.34. The Labute approximate surface area is 154 Å². The molecule has 1 atom stereocenters. The minimum atomic E-state index is -0.395. The van der Waals surface area contributed by atoms with Crippen LogP contribution >= 0.6 is 27.3 Å². The molecule has 1 aliphatic carbocycles. The van der Waals surface area contributed by atoms with Crippen molar-refractivity contribution in [3.63, 3.8) is 0 Å². The van der Waals surface area contributed by atoms with Gasteiger partial charge in [0, 0.05) is 14.9 Å². The molecule has 0 saturated heterocycles. The van der Waals surface area contributed by atoms with Gasteiger partial charge in [0.15, 0.2) is 12.4 Å². The van der Waals surface area contributed by atoms with Gasteiger partial charge in [0.25, 0.3) is 0 Å². The predicted molar refractivity (Wildman–Crippen MR) is 98.9 cm³/mol. The van der Waals surface area contributed by atoms with Crippen LogP contribution in [0.2, 0.25) is 0 Å². The van der Waals surface area contributed by atoms with Crippen molar-refractivity contribution in [3.05, 3.63) is 55.7 Å². The third-order valence-corrected chi connectivity index (χ3v) is 6.21. The largest absolute Gasteiger partial charge is 0.453 e. The average Bonchev–Trinajstić information content (AvgIpc) is 3.03. The zero-order valence-electron chi connectivity index (χ0n) is 13.5. The SMILES string of the molecule is CC[C@H]1CCc2sc(C(=O)OCC(=O)c3ccc(Br)cc3)cc2C1. The molecule has 0 spiro atoms. The van der Waals surface area contributed by atoms with Gasteiger partial charge in [-0.25, -0.2) is 4.79 Å². The van der Waals surface area contributed by atoms with E-state index in [2.05, 4.69) is 22.9 Å². The van der Waals surface area contributed by atoms with Gasteiger partial charge >= 0.3 is 5.97 Å². The fraction of sp³-hybridized carbons (Fsp3) is 0.368. The number of aryl methyl sites for hydroxylation is 1. The second-order valence-electron chi connectivity index (χ2n) is 6.08. The molecular weight excluding hydrogens is 388 g/mol. The highest BCUT2D eigenvalue weighted by molar-refractivity contribution is 9.10. The molecule has 0 amide bonds. The highest BCUT2D eigenvalue weighted by atomic mass is 79.9. The lowest BCUT2D eigenvalue weighted by atomic mass is 9.87. The Bertz CT molecular complexity index is 748. The van der Waals surface area contributed by atoms with Crippen LogP contribution in [0, 0.1) is 5.92 Å². The summed E-state index contributed by atoms with van der Waals surface area (Å²) in [6.07, 6.45) is 4.47. The highest BCUT2D eigenvalue weighted by Gasteiger charge is 2.23. The van der Waals surface area contributed by atoms with Crippen LogP contribution in [-0.2, 0) is 17.6 Å². The van der Waals surface area contributed by atoms with Gasteiger partial charge in [-0.15, -0.1) is 11.3 Å². The third-order valence-electron chi connectivity index (χ3n) is 4.46. The van der Waals surface area contributed by atoms with Gasteiger partial charge in [0.1, 0.15) is 4.88 Å². The van der Waals surface area contributed by atoms with Crippen molar-refractivity contribution in [2.24, 2.45) is 5.92 Å². The van der Waals surface area contributed by atoms with E-state index in [1.54, 1.807) is 24.3 Å². The highest BCUT2D eigenvalue weighted by Crippen LogP contribution is 2.33. The number of benzene rings is 1. The first-order valence-corrected chi connectivity index (χ1v) is 9.75. The number of fused-ring (bicyclic) bond motifs is 1. The minimum absolute atomic E-state index is 0.191. The zero-order chi connectivity index (χ0) is 17.1. The summed E-state index contributed by atoms with van der Waals surface area (Å²) in [6.45, 7) is 1.99. The maximum absolute atomic E-state index is 12.2. The Morgan fingerprint density at radius 3 is 2.75 bits per heavy atom. The number of thiophene rings is 1. The molecule has 0 radical (unpaired) electrons. The molecule has 1 aromatic carbocycles. The standard InChI is InChI=1S/C19H19BrO3S/c1-2-12-3-8-17-14(9-12)10-18(24-17)19(22)23-11-16(21)13-4-6-15(20)7-5-13/h4-7,10,12H,2-3,8-9,11H2,1H3/t12-/m0/s1. The van der Waals surface area contributed by atoms with Crippen LogP contribution in [0.3, 0.4) is 0 Å². The van der Waals surface area contributed by atoms with Crippen molar-refractivity contribution in [2.75, 3.05) is 6.61 Å². The Kier molecular flexibility index (Phi) is 5.51. The summed E-state index contributed by atoms with van der Waals surface area (Å²) in [5.74, 6) is 0.131. The van der Waals surface area contributed by atoms with Crippen LogP contribution in [0.5, 0.6) is 0 Å². The van der Waals surface area contributed by atoms with E-state index in [9.17, 15) is 9.59 Å². The van der Waals surface area contributed by atoms with Crippen molar-refractivity contribution in [1.82, 2.24) is 0 Å². The Morgan fingerprint density at radius 2 is 2.04 bits per heavy atom. The van der Waals surface area contributed by atoms with E-state index in [1.165, 1.54) is 34.6 Å². The van der Waals surface area contributed by atoms with Crippen LogP contribution in [0.1, 0.15) is 50.2 Å². The van der Waals surface area contributed by atoms with Gasteiger partial charge in [-0.1, -0.05) is 41.4 Å². The Morgan fingerprint density at radius 1 is 1.29 bits per heavy atom. The van der Waals surface area contributed by atoms with Crippen molar-refractivity contribution in [3.8, 4) is 0 Å². The second-order valence-corrected chi connectivity index (χ2v) is 8.13. The Balaban J connectivity index is 1.60. The monoisotopic (exact) mass is 406 g/mol. The number of esters is 1. The zero-order valence-corrected chi connectivity index (χ0v) is 15.9. The van der Waals surface area contributed by atoms with E-state index in [0.29, 0.717) is 10.4 Å². The molecular formula is C19H19BrO3S. The van der Waals surface area contributed by atoms with Gasteiger partial charge in [-0.05, 0) is 48.9 Å². The summed E-state index contributed by atoms with van der Waals surface area (Å²) < 4.78 is 6.12.